The Labute approximate surface area is 222 Å². The average Bonchev–Trinajstić information content (AvgIpc) is 3.05. The molecule has 1 spiro atoms. The van der Waals surface area contributed by atoms with Crippen molar-refractivity contribution >= 4 is 29.2 Å². The summed E-state index contributed by atoms with van der Waals surface area (Å²) in [6.45, 7) is 4.81. The summed E-state index contributed by atoms with van der Waals surface area (Å²) in [7, 11) is 0. The van der Waals surface area contributed by atoms with E-state index < -0.39 is 36.5 Å². The molecule has 0 bridgehead atoms. The highest BCUT2D eigenvalue weighted by atomic mass is 19.3. The first-order valence-electron chi connectivity index (χ1n) is 13.2. The summed E-state index contributed by atoms with van der Waals surface area (Å²) in [6, 6.07) is 11.0. The van der Waals surface area contributed by atoms with Gasteiger partial charge in [-0.25, -0.2) is 4.79 Å². The number of rotatable bonds is 8. The molecule has 0 aromatic heterocycles. The van der Waals surface area contributed by atoms with Crippen LogP contribution in [0.25, 0.3) is 0 Å². The molecule has 1 saturated heterocycles. The van der Waals surface area contributed by atoms with Crippen LogP contribution in [0.3, 0.4) is 0 Å². The number of halogens is 2. The van der Waals surface area contributed by atoms with Crippen molar-refractivity contribution in [1.29, 1.82) is 0 Å². The number of nitrogens with one attached hydrogen (secondary N) is 1. The molecule has 2 aromatic rings. The van der Waals surface area contributed by atoms with E-state index in [1.807, 2.05) is 45.9 Å². The third-order valence-electron chi connectivity index (χ3n) is 7.43. The van der Waals surface area contributed by atoms with Gasteiger partial charge < -0.3 is 10.1 Å². The van der Waals surface area contributed by atoms with Crippen LogP contribution in [0.5, 0.6) is 5.75 Å². The first-order chi connectivity index (χ1) is 18.0. The Bertz CT molecular complexity index is 1160. The number of urea groups is 1. The van der Waals surface area contributed by atoms with Gasteiger partial charge in [-0.05, 0) is 60.1 Å². The Kier molecular flexibility index (Phi) is 8.04. The first kappa shape index (κ1) is 27.5. The Morgan fingerprint density at radius 3 is 2.05 bits per heavy atom. The Balaban J connectivity index is 1.62. The monoisotopic (exact) mass is 527 g/mol. The molecule has 4 rings (SSSR count). The highest BCUT2D eigenvalue weighted by Crippen LogP contribution is 2.43. The van der Waals surface area contributed by atoms with E-state index in [4.69, 9.17) is 0 Å². The Morgan fingerprint density at radius 2 is 1.53 bits per heavy atom. The van der Waals surface area contributed by atoms with E-state index in [0.717, 1.165) is 41.0 Å². The molecule has 1 saturated carbocycles. The summed E-state index contributed by atoms with van der Waals surface area (Å²) in [5.74, 6) is -0.559. The second kappa shape index (κ2) is 11.1. The van der Waals surface area contributed by atoms with Crippen molar-refractivity contribution in [2.75, 3.05) is 16.8 Å². The minimum absolute atomic E-state index is 0.0413. The minimum Gasteiger partial charge on any atom is -0.435 e. The van der Waals surface area contributed by atoms with Crippen LogP contribution in [0.15, 0.2) is 42.5 Å². The maximum Gasteiger partial charge on any atom is 0.387 e. The Morgan fingerprint density at radius 1 is 0.947 bits per heavy atom. The van der Waals surface area contributed by atoms with E-state index >= 15 is 0 Å². The van der Waals surface area contributed by atoms with E-state index in [2.05, 4.69) is 10.1 Å². The predicted octanol–water partition coefficient (Wildman–Crippen LogP) is 6.65. The zero-order valence-corrected chi connectivity index (χ0v) is 22.3. The van der Waals surface area contributed by atoms with E-state index in [1.54, 1.807) is 0 Å². The highest BCUT2D eigenvalue weighted by molar-refractivity contribution is 6.18. The largest absolute Gasteiger partial charge is 0.435 e. The zero-order chi connectivity index (χ0) is 27.6. The van der Waals surface area contributed by atoms with Crippen LogP contribution < -0.4 is 15.0 Å². The lowest BCUT2D eigenvalue weighted by Crippen LogP contribution is -2.51. The van der Waals surface area contributed by atoms with Gasteiger partial charge >= 0.3 is 12.6 Å². The zero-order valence-electron chi connectivity index (χ0n) is 22.3. The van der Waals surface area contributed by atoms with Crippen molar-refractivity contribution in [1.82, 2.24) is 4.90 Å². The third-order valence-corrected chi connectivity index (χ3v) is 7.43. The number of amides is 4. The Hall–Kier alpha value is -3.49. The lowest BCUT2D eigenvalue weighted by atomic mass is 9.80. The smallest absolute Gasteiger partial charge is 0.387 e. The van der Waals surface area contributed by atoms with Gasteiger partial charge in [-0.2, -0.15) is 8.78 Å². The van der Waals surface area contributed by atoms with Gasteiger partial charge in [0.25, 0.3) is 5.91 Å². The van der Waals surface area contributed by atoms with Crippen LogP contribution >= 0.6 is 0 Å². The molecule has 7 nitrogen and oxygen atoms in total. The van der Waals surface area contributed by atoms with Gasteiger partial charge in [-0.3, -0.25) is 19.4 Å². The molecule has 2 fully saturated rings. The number of nitrogens with zero attached hydrogens (tertiary/aromatic N) is 2. The van der Waals surface area contributed by atoms with Crippen molar-refractivity contribution < 1.29 is 27.9 Å². The molecule has 204 valence electrons. The molecule has 9 heteroatoms. The van der Waals surface area contributed by atoms with Gasteiger partial charge in [-0.15, -0.1) is 0 Å². The highest BCUT2D eigenvalue weighted by Gasteiger charge is 2.58. The molecule has 0 radical (unpaired) electrons. The number of hydrogen-bond donors (Lipinski definition) is 1. The SMILES string of the molecule is CC(C)c1cccc(C(C)C)c1NC(=O)CN1C(=O)N(c2ccc(OC(F)F)cc2)C2(CCCCC2)C1=O. The molecule has 1 N–H and O–H groups in total. The number of ether oxygens (including phenoxy) is 1. The number of benzene rings is 2. The summed E-state index contributed by atoms with van der Waals surface area (Å²) in [5.41, 5.74) is 2.00. The number of carbonyl (C=O) groups is 3. The summed E-state index contributed by atoms with van der Waals surface area (Å²) in [5, 5.41) is 2.99. The van der Waals surface area contributed by atoms with Gasteiger partial charge in [0.15, 0.2) is 0 Å². The van der Waals surface area contributed by atoms with E-state index in [1.165, 1.54) is 29.2 Å². The van der Waals surface area contributed by atoms with E-state index in [9.17, 15) is 23.2 Å². The summed E-state index contributed by atoms with van der Waals surface area (Å²) in [6.07, 6.45) is 3.42. The second-order valence-electron chi connectivity index (χ2n) is 10.6. The normalized spacial score (nSPS) is 17.3. The van der Waals surface area contributed by atoms with Crippen LogP contribution in [-0.2, 0) is 9.59 Å². The first-order valence-corrected chi connectivity index (χ1v) is 13.2. The predicted molar refractivity (Wildman–Crippen MR) is 142 cm³/mol. The lowest BCUT2D eigenvalue weighted by Gasteiger charge is -2.38. The quantitative estimate of drug-likeness (QED) is 0.390. The second-order valence-corrected chi connectivity index (χ2v) is 10.6. The molecule has 1 aliphatic carbocycles. The van der Waals surface area contributed by atoms with Crippen molar-refractivity contribution in [3.8, 4) is 5.75 Å². The molecule has 1 aliphatic heterocycles. The molecule has 0 unspecified atom stereocenters. The number of imide groups is 1. The molecule has 2 aliphatic rings. The topological polar surface area (TPSA) is 79.0 Å². The minimum atomic E-state index is -2.97. The van der Waals surface area contributed by atoms with Gasteiger partial charge in [0.2, 0.25) is 5.91 Å². The molecule has 2 aromatic carbocycles. The molecule has 1 heterocycles. The van der Waals surface area contributed by atoms with Gasteiger partial charge in [0.05, 0.1) is 0 Å². The molecule has 4 amide bonds. The summed E-state index contributed by atoms with van der Waals surface area (Å²) < 4.78 is 29.7. The fourth-order valence-corrected chi connectivity index (χ4v) is 5.60. The van der Waals surface area contributed by atoms with Crippen LogP contribution in [0.4, 0.5) is 25.0 Å². The van der Waals surface area contributed by atoms with Crippen LogP contribution in [0.2, 0.25) is 0 Å². The number of anilines is 2. The van der Waals surface area contributed by atoms with Crippen molar-refractivity contribution in [2.24, 2.45) is 0 Å². The van der Waals surface area contributed by atoms with Gasteiger partial charge in [0.1, 0.15) is 17.8 Å². The number of carbonyl (C=O) groups excluding carboxylic acids is 3. The van der Waals surface area contributed by atoms with Crippen molar-refractivity contribution in [2.45, 2.75) is 83.8 Å². The van der Waals surface area contributed by atoms with E-state index in [0.29, 0.717) is 18.5 Å². The maximum atomic E-state index is 13.8. The van der Waals surface area contributed by atoms with Gasteiger partial charge in [-0.1, -0.05) is 65.2 Å². The number of alkyl halides is 2. The lowest BCUT2D eigenvalue weighted by molar-refractivity contribution is -0.134. The molecular formula is C29H35F2N3O4. The fourth-order valence-electron chi connectivity index (χ4n) is 5.60. The molecule has 38 heavy (non-hydrogen) atoms. The number of hydrogen-bond acceptors (Lipinski definition) is 4. The fraction of sp³-hybridized carbons (Fsp3) is 0.483. The number of para-hydroxylation sites is 1. The van der Waals surface area contributed by atoms with Crippen molar-refractivity contribution in [3.05, 3.63) is 53.6 Å². The van der Waals surface area contributed by atoms with Gasteiger partial charge in [0, 0.05) is 11.4 Å². The maximum absolute atomic E-state index is 13.8. The summed E-state index contributed by atoms with van der Waals surface area (Å²) in [4.78, 5) is 43.2. The van der Waals surface area contributed by atoms with Crippen LogP contribution in [0.1, 0.15) is 82.8 Å². The van der Waals surface area contributed by atoms with Crippen LogP contribution in [0, 0.1) is 0 Å². The molecule has 0 atom stereocenters. The van der Waals surface area contributed by atoms with Crippen molar-refractivity contribution in [3.63, 3.8) is 0 Å². The average molecular weight is 528 g/mol. The summed E-state index contributed by atoms with van der Waals surface area (Å²) >= 11 is 0. The van der Waals surface area contributed by atoms with E-state index in [-0.39, 0.29) is 17.6 Å². The standard InChI is InChI=1S/C29H35F2N3O4/c1-18(2)22-9-8-10-23(19(3)4)25(22)32-24(35)17-33-26(36)29(15-6-5-7-16-29)34(28(33)37)20-11-13-21(14-12-20)38-27(30)31/h8-14,18-19,27H,5-7,15-17H2,1-4H3,(H,32,35). The third kappa shape index (κ3) is 5.24. The molecular weight excluding hydrogens is 492 g/mol. The van der Waals surface area contributed by atoms with Crippen LogP contribution in [-0.4, -0.2) is 41.4 Å².